The first kappa shape index (κ1) is 28.0. The molecule has 2 aromatic heterocycles. The molecule has 4 heterocycles. The first-order valence-corrected chi connectivity index (χ1v) is 15.1. The summed E-state index contributed by atoms with van der Waals surface area (Å²) < 4.78 is 0. The van der Waals surface area contributed by atoms with Gasteiger partial charge in [-0.05, 0) is 37.5 Å². The van der Waals surface area contributed by atoms with E-state index in [4.69, 9.17) is 28.2 Å². The van der Waals surface area contributed by atoms with Crippen molar-refractivity contribution in [2.24, 2.45) is 11.8 Å². The van der Waals surface area contributed by atoms with Crippen molar-refractivity contribution in [2.75, 3.05) is 31.1 Å². The first-order chi connectivity index (χ1) is 19.6. The minimum Gasteiger partial charge on any atom is -0.477 e. The van der Waals surface area contributed by atoms with Crippen LogP contribution in [-0.2, 0) is 6.42 Å². The van der Waals surface area contributed by atoms with Crippen molar-refractivity contribution in [2.45, 2.75) is 38.3 Å². The second kappa shape index (κ2) is 10.9. The van der Waals surface area contributed by atoms with Gasteiger partial charge in [0.1, 0.15) is 10.6 Å². The maximum absolute atomic E-state index is 12.8. The summed E-state index contributed by atoms with van der Waals surface area (Å²) in [5, 5.41) is 23.8. The summed E-state index contributed by atoms with van der Waals surface area (Å²) in [4.78, 5) is 49.2. The lowest BCUT2D eigenvalue weighted by Crippen LogP contribution is -2.40. The largest absolute Gasteiger partial charge is 0.477 e. The van der Waals surface area contributed by atoms with E-state index in [1.54, 1.807) is 24.0 Å². The number of halogens is 2. The topological polar surface area (TPSA) is 139 Å². The number of carbonyl (C=O) groups is 3. The molecule has 0 unspecified atom stereocenters. The van der Waals surface area contributed by atoms with Crippen molar-refractivity contribution in [1.29, 1.82) is 0 Å². The Labute approximate surface area is 250 Å². The van der Waals surface area contributed by atoms with E-state index < -0.39 is 5.97 Å². The normalized spacial score (nSPS) is 22.1. The van der Waals surface area contributed by atoms with Gasteiger partial charge in [0.15, 0.2) is 5.13 Å². The van der Waals surface area contributed by atoms with Crippen LogP contribution in [0, 0.1) is 18.8 Å². The van der Waals surface area contributed by atoms with Crippen LogP contribution in [0.2, 0.25) is 10.0 Å². The maximum atomic E-state index is 12.8. The summed E-state index contributed by atoms with van der Waals surface area (Å²) in [6.45, 7) is 4.16. The van der Waals surface area contributed by atoms with Crippen molar-refractivity contribution in [1.82, 2.24) is 20.2 Å². The zero-order chi connectivity index (χ0) is 29.0. The minimum atomic E-state index is -1.02. The molecule has 1 saturated carbocycles. The predicted octanol–water partition coefficient (Wildman–Crippen LogP) is 3.84. The molecule has 3 atom stereocenters. The highest BCUT2D eigenvalue weighted by Crippen LogP contribution is 2.48. The molecule has 3 aromatic rings. The van der Waals surface area contributed by atoms with Crippen LogP contribution >= 0.6 is 34.5 Å². The third-order valence-corrected chi connectivity index (χ3v) is 10.3. The standard InChI is InChI=1S/C28H29Cl2N5O5S/c1-13-20(29)21(30)23(31-13)25(37)33-22-17-11-35(12-18(17)22)28-32-19(24(41-28)27(39)40)10-14-2-4-15(5-3-14)26(38)34-8-6-16(36)7-9-34/h2-5,16-18,22,31,36H,6-12H2,1H3,(H,33,37)(H,39,40)/t17-,18+,22+. The lowest BCUT2D eigenvalue weighted by atomic mass is 10.0. The highest BCUT2D eigenvalue weighted by Gasteiger charge is 2.57. The van der Waals surface area contributed by atoms with Gasteiger partial charge in [-0.25, -0.2) is 9.78 Å². The maximum Gasteiger partial charge on any atom is 0.347 e. The van der Waals surface area contributed by atoms with E-state index in [0.717, 1.165) is 16.9 Å². The molecule has 13 heteroatoms. The van der Waals surface area contributed by atoms with Crippen molar-refractivity contribution in [3.63, 3.8) is 0 Å². The van der Waals surface area contributed by atoms with Crippen molar-refractivity contribution < 1.29 is 24.6 Å². The van der Waals surface area contributed by atoms with Gasteiger partial charge >= 0.3 is 5.97 Å². The van der Waals surface area contributed by atoms with E-state index in [-0.39, 0.29) is 51.4 Å². The summed E-state index contributed by atoms with van der Waals surface area (Å²) in [6.07, 6.45) is 1.15. The Kier molecular flexibility index (Phi) is 7.48. The number of aliphatic hydroxyl groups is 1. The number of benzene rings is 1. The quantitative estimate of drug-likeness (QED) is 0.316. The fraction of sp³-hybridized carbons (Fsp3) is 0.429. The molecular weight excluding hydrogens is 589 g/mol. The zero-order valence-corrected chi connectivity index (χ0v) is 24.5. The van der Waals surface area contributed by atoms with E-state index >= 15 is 0 Å². The number of carboxylic acids is 1. The lowest BCUT2D eigenvalue weighted by Gasteiger charge is -2.29. The van der Waals surface area contributed by atoms with E-state index in [9.17, 15) is 24.6 Å². The number of piperidine rings is 2. The van der Waals surface area contributed by atoms with Gasteiger partial charge in [-0.3, -0.25) is 9.59 Å². The molecule has 0 spiro atoms. The number of thiazole rings is 1. The molecule has 3 aliphatic rings. The molecule has 10 nitrogen and oxygen atoms in total. The lowest BCUT2D eigenvalue weighted by molar-refractivity contribution is 0.0545. The monoisotopic (exact) mass is 617 g/mol. The highest BCUT2D eigenvalue weighted by molar-refractivity contribution is 7.17. The summed E-state index contributed by atoms with van der Waals surface area (Å²) >= 11 is 13.4. The van der Waals surface area contributed by atoms with Crippen LogP contribution in [0.3, 0.4) is 0 Å². The number of carboxylic acid groups (broad SMARTS) is 1. The fourth-order valence-electron chi connectivity index (χ4n) is 5.82. The Bertz CT molecular complexity index is 1500. The van der Waals surface area contributed by atoms with Crippen LogP contribution < -0.4 is 10.2 Å². The van der Waals surface area contributed by atoms with Gasteiger partial charge in [0, 0.05) is 61.7 Å². The van der Waals surface area contributed by atoms with E-state index in [1.165, 1.54) is 0 Å². The number of anilines is 1. The zero-order valence-electron chi connectivity index (χ0n) is 22.2. The highest BCUT2D eigenvalue weighted by atomic mass is 35.5. The Balaban J connectivity index is 1.08. The number of aromatic amines is 1. The molecule has 216 valence electrons. The number of aryl methyl sites for hydroxylation is 1. The average molecular weight is 619 g/mol. The summed E-state index contributed by atoms with van der Waals surface area (Å²) in [5.74, 6) is -0.879. The SMILES string of the molecule is Cc1[nH]c(C(=O)N[C@H]2[C@@H]3CN(c4nc(Cc5ccc(C(=O)N6CCC(O)CC6)cc5)c(C(=O)O)s4)C[C@@H]32)c(Cl)c1Cl. The number of nitrogens with zero attached hydrogens (tertiary/aromatic N) is 3. The van der Waals surface area contributed by atoms with E-state index in [1.807, 2.05) is 12.1 Å². The van der Waals surface area contributed by atoms with Gasteiger partial charge in [0.2, 0.25) is 0 Å². The number of H-pyrrole nitrogens is 1. The van der Waals surface area contributed by atoms with Crippen LogP contribution in [0.15, 0.2) is 24.3 Å². The molecule has 0 bridgehead atoms. The Morgan fingerprint density at radius 2 is 1.76 bits per heavy atom. The molecule has 0 radical (unpaired) electrons. The number of hydrogen-bond acceptors (Lipinski definition) is 7. The number of rotatable bonds is 7. The summed E-state index contributed by atoms with van der Waals surface area (Å²) in [5.41, 5.74) is 2.81. The number of aromatic nitrogens is 2. The molecule has 1 aromatic carbocycles. The molecule has 2 saturated heterocycles. The van der Waals surface area contributed by atoms with Gasteiger partial charge in [0.05, 0.1) is 21.8 Å². The predicted molar refractivity (Wildman–Crippen MR) is 155 cm³/mol. The second-order valence-electron chi connectivity index (χ2n) is 11.0. The number of aromatic carboxylic acids is 1. The van der Waals surface area contributed by atoms with Gasteiger partial charge in [-0.1, -0.05) is 46.7 Å². The molecule has 41 heavy (non-hydrogen) atoms. The van der Waals surface area contributed by atoms with Crippen LogP contribution in [0.5, 0.6) is 0 Å². The van der Waals surface area contributed by atoms with Crippen LogP contribution in [0.25, 0.3) is 0 Å². The Morgan fingerprint density at radius 1 is 1.10 bits per heavy atom. The number of carbonyl (C=O) groups excluding carboxylic acids is 2. The third kappa shape index (κ3) is 5.43. The van der Waals surface area contributed by atoms with E-state index in [0.29, 0.717) is 72.5 Å². The number of hydrogen-bond donors (Lipinski definition) is 4. The Hall–Kier alpha value is -3.12. The number of aliphatic hydroxyl groups excluding tert-OH is 1. The smallest absolute Gasteiger partial charge is 0.347 e. The number of fused-ring (bicyclic) bond motifs is 1. The van der Waals surface area contributed by atoms with Gasteiger partial charge in [-0.2, -0.15) is 0 Å². The van der Waals surface area contributed by atoms with Crippen LogP contribution in [0.1, 0.15) is 60.3 Å². The first-order valence-electron chi connectivity index (χ1n) is 13.5. The van der Waals surface area contributed by atoms with Gasteiger partial charge in [-0.15, -0.1) is 0 Å². The van der Waals surface area contributed by atoms with Crippen LogP contribution in [0.4, 0.5) is 5.13 Å². The summed E-state index contributed by atoms with van der Waals surface area (Å²) in [7, 11) is 0. The number of nitrogens with one attached hydrogen (secondary N) is 2. The molecule has 1 aliphatic carbocycles. The molecule has 4 N–H and O–H groups in total. The van der Waals surface area contributed by atoms with E-state index in [2.05, 4.69) is 15.2 Å². The van der Waals surface area contributed by atoms with Gasteiger partial charge in [0.25, 0.3) is 11.8 Å². The van der Waals surface area contributed by atoms with Crippen molar-refractivity contribution in [3.05, 3.63) is 67.4 Å². The molecular formula is C28H29Cl2N5O5S. The molecule has 2 aliphatic heterocycles. The Morgan fingerprint density at radius 3 is 2.34 bits per heavy atom. The van der Waals surface area contributed by atoms with Crippen LogP contribution in [-0.4, -0.2) is 81.2 Å². The second-order valence-corrected chi connectivity index (χ2v) is 12.7. The summed E-state index contributed by atoms with van der Waals surface area (Å²) in [6, 6.07) is 7.20. The molecule has 6 rings (SSSR count). The minimum absolute atomic E-state index is 0.0202. The van der Waals surface area contributed by atoms with Gasteiger partial charge < -0.3 is 30.3 Å². The third-order valence-electron chi connectivity index (χ3n) is 8.25. The van der Waals surface area contributed by atoms with Crippen molar-refractivity contribution in [3.8, 4) is 0 Å². The van der Waals surface area contributed by atoms with Crippen molar-refractivity contribution >= 4 is 57.5 Å². The fourth-order valence-corrected chi connectivity index (χ4v) is 7.18. The average Bonchev–Trinajstić information content (AvgIpc) is 3.30. The molecule has 2 amide bonds. The number of amides is 2. The number of likely N-dealkylation sites (tertiary alicyclic amines) is 1. The molecule has 3 fully saturated rings.